The predicted molar refractivity (Wildman–Crippen MR) is 64.2 cm³/mol. The lowest BCUT2D eigenvalue weighted by atomic mass is 10.2. The second kappa shape index (κ2) is 6.83. The SMILES string of the molecule is CCC/C(CC)=N\N1CCC[C@H]1COC. The smallest absolute Gasteiger partial charge is 0.0704 e. The quantitative estimate of drug-likeness (QED) is 0.632. The van der Waals surface area contributed by atoms with Gasteiger partial charge in [0.05, 0.1) is 12.6 Å². The van der Waals surface area contributed by atoms with Crippen molar-refractivity contribution in [3.63, 3.8) is 0 Å². The molecule has 0 spiro atoms. The van der Waals surface area contributed by atoms with E-state index in [0.29, 0.717) is 6.04 Å². The summed E-state index contributed by atoms with van der Waals surface area (Å²) >= 11 is 0. The van der Waals surface area contributed by atoms with E-state index in [-0.39, 0.29) is 0 Å². The van der Waals surface area contributed by atoms with Gasteiger partial charge < -0.3 is 4.74 Å². The van der Waals surface area contributed by atoms with Gasteiger partial charge in [0.2, 0.25) is 0 Å². The minimum Gasteiger partial charge on any atom is -0.382 e. The maximum atomic E-state index is 5.22. The second-order valence-electron chi connectivity index (χ2n) is 4.18. The number of methoxy groups -OCH3 is 1. The molecule has 1 saturated heterocycles. The Morgan fingerprint density at radius 1 is 1.47 bits per heavy atom. The van der Waals surface area contributed by atoms with Gasteiger partial charge in [-0.3, -0.25) is 5.01 Å². The second-order valence-corrected chi connectivity index (χ2v) is 4.18. The molecule has 0 N–H and O–H groups in total. The number of rotatable bonds is 6. The molecular weight excluding hydrogens is 188 g/mol. The molecule has 1 heterocycles. The van der Waals surface area contributed by atoms with Gasteiger partial charge in [-0.25, -0.2) is 0 Å². The zero-order valence-electron chi connectivity index (χ0n) is 10.3. The third-order valence-electron chi connectivity index (χ3n) is 2.92. The maximum Gasteiger partial charge on any atom is 0.0704 e. The number of hydrogen-bond acceptors (Lipinski definition) is 3. The van der Waals surface area contributed by atoms with E-state index in [4.69, 9.17) is 9.84 Å². The molecule has 0 aliphatic carbocycles. The van der Waals surface area contributed by atoms with E-state index in [2.05, 4.69) is 18.9 Å². The van der Waals surface area contributed by atoms with Crippen LogP contribution in [0.15, 0.2) is 5.10 Å². The summed E-state index contributed by atoms with van der Waals surface area (Å²) in [6.45, 7) is 6.31. The molecule has 1 atom stereocenters. The molecule has 3 heteroatoms. The molecule has 0 aromatic heterocycles. The van der Waals surface area contributed by atoms with Gasteiger partial charge in [0, 0.05) is 19.4 Å². The van der Waals surface area contributed by atoms with Crippen molar-refractivity contribution in [2.75, 3.05) is 20.3 Å². The fourth-order valence-electron chi connectivity index (χ4n) is 2.08. The summed E-state index contributed by atoms with van der Waals surface area (Å²) in [4.78, 5) is 0. The van der Waals surface area contributed by atoms with E-state index in [9.17, 15) is 0 Å². The van der Waals surface area contributed by atoms with Crippen LogP contribution in [0.2, 0.25) is 0 Å². The van der Waals surface area contributed by atoms with Gasteiger partial charge in [-0.05, 0) is 25.7 Å². The lowest BCUT2D eigenvalue weighted by molar-refractivity contribution is 0.117. The Bertz CT molecular complexity index is 204. The molecule has 1 rings (SSSR count). The van der Waals surface area contributed by atoms with Crippen molar-refractivity contribution in [3.8, 4) is 0 Å². The molecule has 0 aromatic carbocycles. The van der Waals surface area contributed by atoms with Crippen LogP contribution < -0.4 is 0 Å². The molecule has 0 bridgehead atoms. The molecule has 0 radical (unpaired) electrons. The Labute approximate surface area is 93.5 Å². The van der Waals surface area contributed by atoms with E-state index in [1.54, 1.807) is 7.11 Å². The van der Waals surface area contributed by atoms with Crippen LogP contribution in [0.1, 0.15) is 46.0 Å². The minimum atomic E-state index is 0.508. The van der Waals surface area contributed by atoms with Gasteiger partial charge in [0.1, 0.15) is 0 Å². The van der Waals surface area contributed by atoms with E-state index >= 15 is 0 Å². The van der Waals surface area contributed by atoms with Gasteiger partial charge in [-0.1, -0.05) is 20.3 Å². The van der Waals surface area contributed by atoms with E-state index in [1.807, 2.05) is 0 Å². The van der Waals surface area contributed by atoms with Crippen LogP contribution in [0.3, 0.4) is 0 Å². The third kappa shape index (κ3) is 3.82. The number of hydrazone groups is 1. The highest BCUT2D eigenvalue weighted by molar-refractivity contribution is 5.83. The van der Waals surface area contributed by atoms with Crippen LogP contribution in [-0.4, -0.2) is 37.0 Å². The van der Waals surface area contributed by atoms with Crippen molar-refractivity contribution in [2.45, 2.75) is 52.0 Å². The summed E-state index contributed by atoms with van der Waals surface area (Å²) in [6.07, 6.45) is 5.87. The molecule has 0 unspecified atom stereocenters. The van der Waals surface area contributed by atoms with Crippen molar-refractivity contribution in [1.29, 1.82) is 0 Å². The topological polar surface area (TPSA) is 24.8 Å². The van der Waals surface area contributed by atoms with Crippen LogP contribution in [0, 0.1) is 0 Å². The average molecular weight is 212 g/mol. The van der Waals surface area contributed by atoms with Crippen LogP contribution in [0.4, 0.5) is 0 Å². The first kappa shape index (κ1) is 12.5. The zero-order chi connectivity index (χ0) is 11.1. The van der Waals surface area contributed by atoms with Crippen LogP contribution >= 0.6 is 0 Å². The highest BCUT2D eigenvalue weighted by Crippen LogP contribution is 2.18. The van der Waals surface area contributed by atoms with Crippen molar-refractivity contribution >= 4 is 5.71 Å². The fourth-order valence-corrected chi connectivity index (χ4v) is 2.08. The monoisotopic (exact) mass is 212 g/mol. The highest BCUT2D eigenvalue weighted by Gasteiger charge is 2.23. The van der Waals surface area contributed by atoms with Crippen molar-refractivity contribution < 1.29 is 4.74 Å². The van der Waals surface area contributed by atoms with Gasteiger partial charge in [0.15, 0.2) is 0 Å². The molecule has 1 aliphatic rings. The first-order valence-electron chi connectivity index (χ1n) is 6.13. The largest absolute Gasteiger partial charge is 0.382 e. The molecule has 3 nitrogen and oxygen atoms in total. The van der Waals surface area contributed by atoms with E-state index < -0.39 is 0 Å². The molecule has 0 aromatic rings. The van der Waals surface area contributed by atoms with Gasteiger partial charge in [-0.2, -0.15) is 5.10 Å². The average Bonchev–Trinajstić information content (AvgIpc) is 2.66. The van der Waals surface area contributed by atoms with Crippen molar-refractivity contribution in [3.05, 3.63) is 0 Å². The summed E-state index contributed by atoms with van der Waals surface area (Å²) in [5.41, 5.74) is 1.33. The maximum absolute atomic E-state index is 5.22. The molecule has 15 heavy (non-hydrogen) atoms. The normalized spacial score (nSPS) is 22.5. The lowest BCUT2D eigenvalue weighted by Crippen LogP contribution is -2.29. The summed E-state index contributed by atoms with van der Waals surface area (Å²) in [5, 5.41) is 6.99. The van der Waals surface area contributed by atoms with Gasteiger partial charge >= 0.3 is 0 Å². The lowest BCUT2D eigenvalue weighted by Gasteiger charge is -2.22. The van der Waals surface area contributed by atoms with Crippen molar-refractivity contribution in [1.82, 2.24) is 5.01 Å². The highest BCUT2D eigenvalue weighted by atomic mass is 16.5. The van der Waals surface area contributed by atoms with E-state index in [0.717, 1.165) is 26.0 Å². The van der Waals surface area contributed by atoms with Crippen LogP contribution in [0.25, 0.3) is 0 Å². The summed E-state index contributed by atoms with van der Waals surface area (Å²) in [6, 6.07) is 0.508. The molecule has 1 fully saturated rings. The van der Waals surface area contributed by atoms with Crippen molar-refractivity contribution in [2.24, 2.45) is 5.10 Å². The Hall–Kier alpha value is -0.570. The first-order valence-corrected chi connectivity index (χ1v) is 6.13. The number of hydrogen-bond donors (Lipinski definition) is 0. The minimum absolute atomic E-state index is 0.508. The van der Waals surface area contributed by atoms with Gasteiger partial charge in [0.25, 0.3) is 0 Å². The Balaban J connectivity index is 2.52. The standard InChI is InChI=1S/C12H24N2O/c1-4-7-11(5-2)13-14-9-6-8-12(14)10-15-3/h12H,4-10H2,1-3H3/b13-11-/t12-/m0/s1. The Morgan fingerprint density at radius 3 is 2.87 bits per heavy atom. The molecule has 0 saturated carbocycles. The fraction of sp³-hybridized carbons (Fsp3) is 0.917. The molecule has 0 amide bonds. The summed E-state index contributed by atoms with van der Waals surface area (Å²) in [7, 11) is 1.77. The zero-order valence-corrected chi connectivity index (χ0v) is 10.3. The van der Waals surface area contributed by atoms with Crippen LogP contribution in [-0.2, 0) is 4.74 Å². The number of nitrogens with zero attached hydrogens (tertiary/aromatic N) is 2. The molecule has 88 valence electrons. The number of ether oxygens (including phenoxy) is 1. The Morgan fingerprint density at radius 2 is 2.27 bits per heavy atom. The predicted octanol–water partition coefficient (Wildman–Crippen LogP) is 2.66. The first-order chi connectivity index (χ1) is 7.31. The summed E-state index contributed by atoms with van der Waals surface area (Å²) < 4.78 is 5.22. The van der Waals surface area contributed by atoms with E-state index in [1.165, 1.54) is 25.0 Å². The van der Waals surface area contributed by atoms with Gasteiger partial charge in [-0.15, -0.1) is 0 Å². The summed E-state index contributed by atoms with van der Waals surface area (Å²) in [5.74, 6) is 0. The Kier molecular flexibility index (Phi) is 5.69. The molecular formula is C12H24N2O. The molecule has 1 aliphatic heterocycles. The van der Waals surface area contributed by atoms with Crippen LogP contribution in [0.5, 0.6) is 0 Å². The third-order valence-corrected chi connectivity index (χ3v) is 2.92.